The van der Waals surface area contributed by atoms with Crippen molar-refractivity contribution in [2.24, 2.45) is 0 Å². The van der Waals surface area contributed by atoms with Crippen LogP contribution in [-0.2, 0) is 4.74 Å². The van der Waals surface area contributed by atoms with Crippen LogP contribution < -0.4 is 10.6 Å². The number of ether oxygens (including phenoxy) is 1. The number of aromatic nitrogens is 2. The smallest absolute Gasteiger partial charge is 0.380 e. The number of halogens is 3. The first-order valence-electron chi connectivity index (χ1n) is 11.8. The Bertz CT molecular complexity index is 957. The molecule has 4 heterocycles. The Kier molecular flexibility index (Phi) is 8.17. The summed E-state index contributed by atoms with van der Waals surface area (Å²) in [6, 6.07) is 6.24. The van der Waals surface area contributed by atoms with E-state index in [4.69, 9.17) is 4.74 Å². The number of nitrogens with one attached hydrogen (secondary N) is 2. The first-order valence-corrected chi connectivity index (χ1v) is 11.8. The Labute approximate surface area is 196 Å². The van der Waals surface area contributed by atoms with Crippen molar-refractivity contribution >= 4 is 22.8 Å². The molecule has 0 atom stereocenters. The van der Waals surface area contributed by atoms with Crippen LogP contribution in [0.5, 0.6) is 0 Å². The van der Waals surface area contributed by atoms with Crippen LogP contribution in [0.1, 0.15) is 29.8 Å². The normalized spacial score (nSPS) is 19.1. The van der Waals surface area contributed by atoms with Gasteiger partial charge < -0.3 is 20.3 Å². The molecule has 2 aliphatic rings. The highest BCUT2D eigenvalue weighted by molar-refractivity contribution is 5.94. The maximum absolute atomic E-state index is 12.7. The molecule has 11 heteroatoms. The van der Waals surface area contributed by atoms with E-state index in [1.165, 1.54) is 6.07 Å². The highest BCUT2D eigenvalue weighted by atomic mass is 19.4. The number of carbonyl (C=O) groups excluding carboxylic acids is 1. The van der Waals surface area contributed by atoms with Crippen LogP contribution in [-0.4, -0.2) is 96.9 Å². The maximum Gasteiger partial charge on any atom is 0.405 e. The largest absolute Gasteiger partial charge is 0.405 e. The van der Waals surface area contributed by atoms with Crippen molar-refractivity contribution in [2.75, 3.05) is 64.3 Å². The maximum atomic E-state index is 12.7. The molecule has 0 radical (unpaired) electrons. The van der Waals surface area contributed by atoms with E-state index in [2.05, 4.69) is 30.4 Å². The predicted octanol–water partition coefficient (Wildman–Crippen LogP) is 2.52. The van der Waals surface area contributed by atoms with Gasteiger partial charge in [0.1, 0.15) is 18.1 Å². The Balaban J connectivity index is 1.24. The fourth-order valence-corrected chi connectivity index (χ4v) is 4.29. The molecule has 8 nitrogen and oxygen atoms in total. The SMILES string of the molecule is O=C(NC1CCN(CCN2CCCOCC2)CC1)c1ccc2nc(NCC(F)(F)F)ccc2n1. The third kappa shape index (κ3) is 7.25. The van der Waals surface area contributed by atoms with Gasteiger partial charge in [-0.3, -0.25) is 9.69 Å². The molecule has 2 aliphatic heterocycles. The van der Waals surface area contributed by atoms with Crippen molar-refractivity contribution in [1.29, 1.82) is 0 Å². The first-order chi connectivity index (χ1) is 16.4. The summed E-state index contributed by atoms with van der Waals surface area (Å²) in [5.41, 5.74) is 1.16. The molecular weight excluding hydrogens is 449 g/mol. The number of alkyl halides is 3. The van der Waals surface area contributed by atoms with Crippen molar-refractivity contribution in [3.8, 4) is 0 Å². The highest BCUT2D eigenvalue weighted by Crippen LogP contribution is 2.18. The number of pyridine rings is 2. The van der Waals surface area contributed by atoms with Gasteiger partial charge in [-0.25, -0.2) is 9.97 Å². The molecule has 1 amide bonds. The summed E-state index contributed by atoms with van der Waals surface area (Å²) in [6.07, 6.45) is -1.46. The van der Waals surface area contributed by atoms with E-state index in [-0.39, 0.29) is 23.5 Å². The van der Waals surface area contributed by atoms with Gasteiger partial charge in [0.25, 0.3) is 5.91 Å². The summed E-state index contributed by atoms with van der Waals surface area (Å²) >= 11 is 0. The van der Waals surface area contributed by atoms with Gasteiger partial charge in [0.2, 0.25) is 0 Å². The monoisotopic (exact) mass is 480 g/mol. The van der Waals surface area contributed by atoms with Gasteiger partial charge in [-0.2, -0.15) is 13.2 Å². The molecule has 0 aromatic carbocycles. The summed E-state index contributed by atoms with van der Waals surface area (Å²) in [5, 5.41) is 5.32. The molecule has 2 aromatic heterocycles. The second kappa shape index (κ2) is 11.3. The van der Waals surface area contributed by atoms with Gasteiger partial charge >= 0.3 is 6.18 Å². The number of fused-ring (bicyclic) bond motifs is 1. The molecule has 0 aliphatic carbocycles. The zero-order valence-electron chi connectivity index (χ0n) is 19.1. The van der Waals surface area contributed by atoms with Crippen LogP contribution in [0.3, 0.4) is 0 Å². The average Bonchev–Trinajstić information content (AvgIpc) is 3.10. The van der Waals surface area contributed by atoms with Crippen molar-refractivity contribution in [2.45, 2.75) is 31.5 Å². The van der Waals surface area contributed by atoms with E-state index in [1.807, 2.05) is 0 Å². The zero-order chi connectivity index (χ0) is 24.0. The number of likely N-dealkylation sites (tertiary alicyclic amines) is 1. The summed E-state index contributed by atoms with van der Waals surface area (Å²) < 4.78 is 42.7. The molecule has 2 saturated heterocycles. The molecule has 4 rings (SSSR count). The van der Waals surface area contributed by atoms with E-state index in [0.29, 0.717) is 11.0 Å². The quantitative estimate of drug-likeness (QED) is 0.630. The van der Waals surface area contributed by atoms with E-state index >= 15 is 0 Å². The third-order valence-electron chi connectivity index (χ3n) is 6.22. The fraction of sp³-hybridized carbons (Fsp3) is 0.609. The van der Waals surface area contributed by atoms with E-state index in [9.17, 15) is 18.0 Å². The Morgan fingerprint density at radius 2 is 1.68 bits per heavy atom. The lowest BCUT2D eigenvalue weighted by Crippen LogP contribution is -2.46. The van der Waals surface area contributed by atoms with Crippen molar-refractivity contribution in [3.05, 3.63) is 30.0 Å². The standard InChI is InChI=1S/C23H31F3N6O2/c24-23(25,26)16-27-21-5-4-18-19(30-21)2-3-20(29-18)22(33)28-17-6-9-32(10-7-17)12-11-31-8-1-14-34-15-13-31/h2-5,17H,1,6-16H2,(H,27,30)(H,28,33). The minimum absolute atomic E-state index is 0.0971. The van der Waals surface area contributed by atoms with E-state index in [0.717, 1.165) is 71.7 Å². The number of anilines is 1. The first kappa shape index (κ1) is 24.6. The van der Waals surface area contributed by atoms with Crippen molar-refractivity contribution < 1.29 is 22.7 Å². The summed E-state index contributed by atoms with van der Waals surface area (Å²) in [4.78, 5) is 26.1. The minimum Gasteiger partial charge on any atom is -0.380 e. The van der Waals surface area contributed by atoms with E-state index < -0.39 is 12.7 Å². The van der Waals surface area contributed by atoms with Crippen LogP contribution in [0.2, 0.25) is 0 Å². The molecule has 0 saturated carbocycles. The molecule has 0 unspecified atom stereocenters. The fourth-order valence-electron chi connectivity index (χ4n) is 4.29. The molecule has 0 spiro atoms. The van der Waals surface area contributed by atoms with Gasteiger partial charge in [0, 0.05) is 51.9 Å². The van der Waals surface area contributed by atoms with Crippen LogP contribution >= 0.6 is 0 Å². The lowest BCUT2D eigenvalue weighted by Gasteiger charge is -2.33. The number of nitrogens with zero attached hydrogens (tertiary/aromatic N) is 4. The lowest BCUT2D eigenvalue weighted by atomic mass is 10.0. The van der Waals surface area contributed by atoms with Gasteiger partial charge in [-0.05, 0) is 43.5 Å². The van der Waals surface area contributed by atoms with E-state index in [1.54, 1.807) is 18.2 Å². The number of hydrogen-bond acceptors (Lipinski definition) is 7. The van der Waals surface area contributed by atoms with Crippen LogP contribution in [0.25, 0.3) is 11.0 Å². The number of carbonyl (C=O) groups is 1. The summed E-state index contributed by atoms with van der Waals surface area (Å²) in [5.74, 6) is -0.135. The zero-order valence-corrected chi connectivity index (χ0v) is 19.1. The number of rotatable bonds is 7. The Morgan fingerprint density at radius 3 is 2.44 bits per heavy atom. The molecule has 2 aromatic rings. The molecule has 2 N–H and O–H groups in total. The lowest BCUT2D eigenvalue weighted by molar-refractivity contribution is -0.115. The van der Waals surface area contributed by atoms with Gasteiger partial charge in [0.15, 0.2) is 0 Å². The average molecular weight is 481 g/mol. The number of piperidine rings is 1. The summed E-state index contributed by atoms with van der Waals surface area (Å²) in [7, 11) is 0. The predicted molar refractivity (Wildman–Crippen MR) is 123 cm³/mol. The topological polar surface area (TPSA) is 82.6 Å². The molecule has 0 bridgehead atoms. The molecular formula is C23H31F3N6O2. The number of amides is 1. The van der Waals surface area contributed by atoms with Crippen LogP contribution in [0.4, 0.5) is 19.0 Å². The van der Waals surface area contributed by atoms with Gasteiger partial charge in [0.05, 0.1) is 17.6 Å². The second-order valence-corrected chi connectivity index (χ2v) is 8.80. The molecule has 34 heavy (non-hydrogen) atoms. The molecule has 2 fully saturated rings. The Hall–Kier alpha value is -2.50. The van der Waals surface area contributed by atoms with Gasteiger partial charge in [-0.1, -0.05) is 0 Å². The number of hydrogen-bond donors (Lipinski definition) is 2. The van der Waals surface area contributed by atoms with Crippen LogP contribution in [0, 0.1) is 0 Å². The second-order valence-electron chi connectivity index (χ2n) is 8.80. The summed E-state index contributed by atoms with van der Waals surface area (Å²) in [6.45, 7) is 6.54. The van der Waals surface area contributed by atoms with Crippen molar-refractivity contribution in [3.63, 3.8) is 0 Å². The van der Waals surface area contributed by atoms with Crippen molar-refractivity contribution in [1.82, 2.24) is 25.1 Å². The van der Waals surface area contributed by atoms with Crippen LogP contribution in [0.15, 0.2) is 24.3 Å². The van der Waals surface area contributed by atoms with Gasteiger partial charge in [-0.15, -0.1) is 0 Å². The highest BCUT2D eigenvalue weighted by Gasteiger charge is 2.27. The molecule has 186 valence electrons. The minimum atomic E-state index is -4.32. The Morgan fingerprint density at radius 1 is 0.971 bits per heavy atom. The third-order valence-corrected chi connectivity index (χ3v) is 6.22.